The predicted molar refractivity (Wildman–Crippen MR) is 76.2 cm³/mol. The van der Waals surface area contributed by atoms with Crippen molar-refractivity contribution in [3.8, 4) is 0 Å². The normalized spacial score (nSPS) is 14.2. The number of unbranched alkanes of at least 4 members (excludes halogenated alkanes) is 3. The highest BCUT2D eigenvalue weighted by atomic mass is 32.2. The monoisotopic (exact) mass is 297 g/mol. The number of thioether (sulfide) groups is 1. The average molecular weight is 297 g/mol. The molecular weight excluding hydrogens is 273 g/mol. The van der Waals surface area contributed by atoms with Gasteiger partial charge in [-0.15, -0.1) is 0 Å². The Morgan fingerprint density at radius 3 is 2.61 bits per heavy atom. The third kappa shape index (κ3) is 14.0. The summed E-state index contributed by atoms with van der Waals surface area (Å²) in [6.45, 7) is 2.22. The molecule has 0 radical (unpaired) electrons. The van der Waals surface area contributed by atoms with Gasteiger partial charge in [0, 0.05) is 25.4 Å². The minimum Gasteiger partial charge on any atom is -0.356 e. The van der Waals surface area contributed by atoms with E-state index in [1.807, 2.05) is 6.26 Å². The maximum absolute atomic E-state index is 11.2. The summed E-state index contributed by atoms with van der Waals surface area (Å²) in [5, 5.41) is 2.86. The standard InChI is InChI=1S/C11H24NO4PS/c1-17(14,15)16-9-6-4-3-5-8-12-11(13)7-10-18-2/h3-10H2,1-2H3,(H,12,13)(H,14,15). The molecule has 0 aromatic heterocycles. The number of hydrogen-bond acceptors (Lipinski definition) is 4. The lowest BCUT2D eigenvalue weighted by atomic mass is 10.2. The van der Waals surface area contributed by atoms with Gasteiger partial charge < -0.3 is 14.7 Å². The molecule has 1 unspecified atom stereocenters. The van der Waals surface area contributed by atoms with Crippen molar-refractivity contribution in [2.24, 2.45) is 0 Å². The quantitative estimate of drug-likeness (QED) is 0.452. The van der Waals surface area contributed by atoms with Gasteiger partial charge in [0.1, 0.15) is 0 Å². The molecule has 0 spiro atoms. The Labute approximate surface area is 114 Å². The molecule has 5 nitrogen and oxygen atoms in total. The number of nitrogens with one attached hydrogen (secondary N) is 1. The molecule has 0 heterocycles. The smallest absolute Gasteiger partial charge is 0.325 e. The van der Waals surface area contributed by atoms with Crippen molar-refractivity contribution < 1.29 is 18.8 Å². The highest BCUT2D eigenvalue weighted by Crippen LogP contribution is 2.36. The molecule has 2 N–H and O–H groups in total. The zero-order valence-electron chi connectivity index (χ0n) is 11.2. The van der Waals surface area contributed by atoms with Crippen molar-refractivity contribution >= 4 is 25.3 Å². The molecule has 0 fully saturated rings. The van der Waals surface area contributed by atoms with Gasteiger partial charge >= 0.3 is 7.60 Å². The van der Waals surface area contributed by atoms with E-state index in [9.17, 15) is 9.36 Å². The van der Waals surface area contributed by atoms with E-state index in [4.69, 9.17) is 9.42 Å². The molecule has 0 bridgehead atoms. The Hall–Kier alpha value is -0.0300. The van der Waals surface area contributed by atoms with Crippen LogP contribution >= 0.6 is 19.4 Å². The van der Waals surface area contributed by atoms with Crippen molar-refractivity contribution in [1.82, 2.24) is 5.32 Å². The van der Waals surface area contributed by atoms with Gasteiger partial charge in [-0.3, -0.25) is 9.36 Å². The predicted octanol–water partition coefficient (Wildman–Crippen LogP) is 2.25. The average Bonchev–Trinajstić information content (AvgIpc) is 2.28. The van der Waals surface area contributed by atoms with E-state index in [1.54, 1.807) is 11.8 Å². The largest absolute Gasteiger partial charge is 0.356 e. The highest BCUT2D eigenvalue weighted by Gasteiger charge is 2.08. The summed E-state index contributed by atoms with van der Waals surface area (Å²) in [4.78, 5) is 20.1. The van der Waals surface area contributed by atoms with E-state index in [-0.39, 0.29) is 5.91 Å². The fourth-order valence-electron chi connectivity index (χ4n) is 1.33. The van der Waals surface area contributed by atoms with E-state index >= 15 is 0 Å². The Morgan fingerprint density at radius 1 is 1.33 bits per heavy atom. The second-order valence-corrected chi connectivity index (χ2v) is 6.99. The number of carbonyl (C=O) groups excluding carboxylic acids is 1. The van der Waals surface area contributed by atoms with E-state index in [0.29, 0.717) is 19.6 Å². The van der Waals surface area contributed by atoms with Gasteiger partial charge in [-0.1, -0.05) is 12.8 Å². The topological polar surface area (TPSA) is 75.6 Å². The van der Waals surface area contributed by atoms with Crippen molar-refractivity contribution in [3.05, 3.63) is 0 Å². The van der Waals surface area contributed by atoms with Crippen LogP contribution < -0.4 is 5.32 Å². The summed E-state index contributed by atoms with van der Waals surface area (Å²) in [7, 11) is -3.31. The molecule has 0 aliphatic carbocycles. The van der Waals surface area contributed by atoms with Gasteiger partial charge in [-0.25, -0.2) is 0 Å². The Morgan fingerprint density at radius 2 is 2.00 bits per heavy atom. The van der Waals surface area contributed by atoms with Crippen LogP contribution in [0.4, 0.5) is 0 Å². The number of carbonyl (C=O) groups is 1. The van der Waals surface area contributed by atoms with Gasteiger partial charge in [-0.2, -0.15) is 11.8 Å². The van der Waals surface area contributed by atoms with Crippen LogP contribution in [0.25, 0.3) is 0 Å². The Kier molecular flexibility index (Phi) is 10.8. The number of rotatable bonds is 11. The van der Waals surface area contributed by atoms with E-state index < -0.39 is 7.60 Å². The second-order valence-electron chi connectivity index (χ2n) is 4.14. The first kappa shape index (κ1) is 18.0. The van der Waals surface area contributed by atoms with Crippen LogP contribution in [-0.2, 0) is 13.9 Å². The zero-order chi connectivity index (χ0) is 13.9. The molecule has 0 saturated heterocycles. The maximum atomic E-state index is 11.2. The molecule has 108 valence electrons. The third-order valence-electron chi connectivity index (χ3n) is 2.26. The van der Waals surface area contributed by atoms with Crippen LogP contribution in [0.5, 0.6) is 0 Å². The third-order valence-corrected chi connectivity index (χ3v) is 3.53. The lowest BCUT2D eigenvalue weighted by Crippen LogP contribution is -2.24. The lowest BCUT2D eigenvalue weighted by molar-refractivity contribution is -0.120. The summed E-state index contributed by atoms with van der Waals surface area (Å²) in [5.41, 5.74) is 0. The molecule has 0 aromatic rings. The fraction of sp³-hybridized carbons (Fsp3) is 0.909. The number of hydrogen-bond donors (Lipinski definition) is 2. The summed E-state index contributed by atoms with van der Waals surface area (Å²) < 4.78 is 15.6. The molecule has 7 heteroatoms. The van der Waals surface area contributed by atoms with Gasteiger partial charge in [0.15, 0.2) is 0 Å². The Balaban J connectivity index is 3.21. The molecule has 18 heavy (non-hydrogen) atoms. The molecule has 1 atom stereocenters. The summed E-state index contributed by atoms with van der Waals surface area (Å²) >= 11 is 1.67. The minimum atomic E-state index is -3.31. The van der Waals surface area contributed by atoms with E-state index in [0.717, 1.165) is 31.4 Å². The van der Waals surface area contributed by atoms with Gasteiger partial charge in [0.05, 0.1) is 6.61 Å². The molecule has 1 amide bonds. The van der Waals surface area contributed by atoms with Crippen molar-refractivity contribution in [2.75, 3.05) is 31.8 Å². The van der Waals surface area contributed by atoms with Gasteiger partial charge in [0.2, 0.25) is 5.91 Å². The van der Waals surface area contributed by atoms with Gasteiger partial charge in [-0.05, 0) is 19.1 Å². The highest BCUT2D eigenvalue weighted by molar-refractivity contribution is 7.98. The first-order valence-corrected chi connectivity index (χ1v) is 9.58. The lowest BCUT2D eigenvalue weighted by Gasteiger charge is -2.07. The summed E-state index contributed by atoms with van der Waals surface area (Å²) in [5.74, 6) is 0.974. The zero-order valence-corrected chi connectivity index (χ0v) is 12.9. The van der Waals surface area contributed by atoms with E-state index in [2.05, 4.69) is 5.32 Å². The van der Waals surface area contributed by atoms with Crippen LogP contribution in [0.15, 0.2) is 0 Å². The van der Waals surface area contributed by atoms with E-state index in [1.165, 1.54) is 6.66 Å². The fourth-order valence-corrected chi connectivity index (χ4v) is 2.18. The molecular formula is C11H24NO4PS. The van der Waals surface area contributed by atoms with Crippen LogP contribution in [0.2, 0.25) is 0 Å². The van der Waals surface area contributed by atoms with Crippen LogP contribution in [0.1, 0.15) is 32.1 Å². The Bertz CT molecular complexity index is 270. The van der Waals surface area contributed by atoms with Crippen molar-refractivity contribution in [1.29, 1.82) is 0 Å². The molecule has 0 saturated carbocycles. The van der Waals surface area contributed by atoms with Crippen LogP contribution in [0.3, 0.4) is 0 Å². The second kappa shape index (κ2) is 10.9. The number of amides is 1. The van der Waals surface area contributed by atoms with Crippen LogP contribution in [0, 0.1) is 0 Å². The van der Waals surface area contributed by atoms with Crippen molar-refractivity contribution in [2.45, 2.75) is 32.1 Å². The summed E-state index contributed by atoms with van der Waals surface area (Å²) in [6.07, 6.45) is 6.22. The van der Waals surface area contributed by atoms with Crippen molar-refractivity contribution in [3.63, 3.8) is 0 Å². The molecule has 0 aliphatic rings. The summed E-state index contributed by atoms with van der Waals surface area (Å²) in [6, 6.07) is 0. The van der Waals surface area contributed by atoms with Gasteiger partial charge in [0.25, 0.3) is 0 Å². The molecule has 0 aliphatic heterocycles. The maximum Gasteiger partial charge on any atom is 0.325 e. The van der Waals surface area contributed by atoms with Crippen LogP contribution in [-0.4, -0.2) is 42.6 Å². The molecule has 0 rings (SSSR count). The molecule has 0 aromatic carbocycles. The minimum absolute atomic E-state index is 0.111. The SMILES string of the molecule is CSCCC(=O)NCCCCCCOP(C)(=O)O. The first-order chi connectivity index (χ1) is 8.45. The first-order valence-electron chi connectivity index (χ1n) is 6.16.